The van der Waals surface area contributed by atoms with Gasteiger partial charge in [0.25, 0.3) is 0 Å². The molecule has 4 heteroatoms. The van der Waals surface area contributed by atoms with Crippen LogP contribution in [0.25, 0.3) is 111 Å². The van der Waals surface area contributed by atoms with Crippen molar-refractivity contribution in [1.82, 2.24) is 15.0 Å². The summed E-state index contributed by atoms with van der Waals surface area (Å²) in [5, 5.41) is 4.61. The number of aromatic amines is 1. The van der Waals surface area contributed by atoms with Gasteiger partial charge >= 0.3 is 0 Å². The van der Waals surface area contributed by atoms with Crippen molar-refractivity contribution >= 4 is 43.7 Å². The van der Waals surface area contributed by atoms with Gasteiger partial charge in [0, 0.05) is 49.3 Å². The van der Waals surface area contributed by atoms with E-state index >= 15 is 0 Å². The molecule has 0 aliphatic rings. The van der Waals surface area contributed by atoms with Gasteiger partial charge in [-0.25, -0.2) is 9.97 Å². The Morgan fingerprint density at radius 1 is 0.375 bits per heavy atom. The van der Waals surface area contributed by atoms with Crippen LogP contribution in [0.1, 0.15) is 16.7 Å². The molecule has 0 fully saturated rings. The molecule has 0 amide bonds. The zero-order chi connectivity index (χ0) is 42.6. The second-order valence-electron chi connectivity index (χ2n) is 16.7. The van der Waals surface area contributed by atoms with Gasteiger partial charge in [0.15, 0.2) is 5.82 Å². The Labute approximate surface area is 371 Å². The van der Waals surface area contributed by atoms with Gasteiger partial charge in [0.05, 0.1) is 11.4 Å². The highest BCUT2D eigenvalue weighted by molar-refractivity contribution is 6.09. The van der Waals surface area contributed by atoms with Crippen LogP contribution in [-0.4, -0.2) is 15.0 Å². The van der Waals surface area contributed by atoms with Crippen molar-refractivity contribution in [1.29, 1.82) is 0 Å². The first-order valence-corrected chi connectivity index (χ1v) is 21.8. The van der Waals surface area contributed by atoms with Gasteiger partial charge in [-0.2, -0.15) is 0 Å². The predicted octanol–water partition coefficient (Wildman–Crippen LogP) is 15.9. The fraction of sp³-hybridized carbons (Fsp3) is 0.0333. The van der Waals surface area contributed by atoms with E-state index in [0.29, 0.717) is 5.82 Å². The summed E-state index contributed by atoms with van der Waals surface area (Å²) < 4.78 is 6.27. The number of aryl methyl sites for hydroxylation is 1. The van der Waals surface area contributed by atoms with Crippen molar-refractivity contribution in [2.24, 2.45) is 0 Å². The second kappa shape index (κ2) is 15.5. The Morgan fingerprint density at radius 3 is 1.73 bits per heavy atom. The standard InChI is InChI=1S/C60H41N3O/c1-38-15-5-8-20-47(38)48-21-9-6-18-42(48)31-43-19-7-10-22-49(43)60-62-56(39-16-3-2-4-17-39)37-57(63-60)46-33-44(40-27-29-55-52(35-40)50-23-11-13-25-54(50)61-55)32-45(34-46)41-28-30-59-53(36-41)51-24-12-14-26-58(51)64-59/h2-30,32-37,61H,31H2,1H3. The van der Waals surface area contributed by atoms with Crippen LogP contribution in [0, 0.1) is 6.92 Å². The van der Waals surface area contributed by atoms with Gasteiger partial charge < -0.3 is 9.40 Å². The van der Waals surface area contributed by atoms with Gasteiger partial charge in [-0.3, -0.25) is 0 Å². The Kier molecular flexibility index (Phi) is 9.08. The van der Waals surface area contributed by atoms with Crippen LogP contribution in [0.3, 0.4) is 0 Å². The van der Waals surface area contributed by atoms with E-state index in [0.717, 1.165) is 89.7 Å². The Morgan fingerprint density at radius 2 is 0.938 bits per heavy atom. The highest BCUT2D eigenvalue weighted by Crippen LogP contribution is 2.39. The van der Waals surface area contributed by atoms with Crippen LogP contribution in [-0.2, 0) is 6.42 Å². The molecule has 3 heterocycles. The smallest absolute Gasteiger partial charge is 0.160 e. The molecule has 3 aromatic heterocycles. The first kappa shape index (κ1) is 37.4. The Balaban J connectivity index is 1.05. The summed E-state index contributed by atoms with van der Waals surface area (Å²) in [4.78, 5) is 14.5. The number of benzene rings is 9. The first-order valence-electron chi connectivity index (χ1n) is 21.8. The number of nitrogens with zero attached hydrogens (tertiary/aromatic N) is 2. The molecule has 0 spiro atoms. The van der Waals surface area contributed by atoms with Gasteiger partial charge in [-0.05, 0) is 124 Å². The minimum absolute atomic E-state index is 0.693. The maximum atomic E-state index is 6.27. The molecule has 0 unspecified atom stereocenters. The largest absolute Gasteiger partial charge is 0.456 e. The third kappa shape index (κ3) is 6.73. The number of furan rings is 1. The molecule has 1 N–H and O–H groups in total. The maximum Gasteiger partial charge on any atom is 0.160 e. The lowest BCUT2D eigenvalue weighted by atomic mass is 9.91. The van der Waals surface area contributed by atoms with Gasteiger partial charge in [0.2, 0.25) is 0 Å². The van der Waals surface area contributed by atoms with Crippen LogP contribution in [0.4, 0.5) is 0 Å². The van der Waals surface area contributed by atoms with Gasteiger partial charge in [-0.1, -0.05) is 152 Å². The van der Waals surface area contributed by atoms with Crippen molar-refractivity contribution in [3.63, 3.8) is 0 Å². The first-order chi connectivity index (χ1) is 31.6. The lowest BCUT2D eigenvalue weighted by Crippen LogP contribution is -2.00. The van der Waals surface area contributed by atoms with Gasteiger partial charge in [-0.15, -0.1) is 0 Å². The average molecular weight is 820 g/mol. The molecular weight excluding hydrogens is 779 g/mol. The number of nitrogens with one attached hydrogen (secondary N) is 1. The normalized spacial score (nSPS) is 11.6. The monoisotopic (exact) mass is 819 g/mol. The predicted molar refractivity (Wildman–Crippen MR) is 265 cm³/mol. The third-order valence-electron chi connectivity index (χ3n) is 12.7. The molecule has 4 nitrogen and oxygen atoms in total. The van der Waals surface area contributed by atoms with Crippen molar-refractivity contribution in [3.05, 3.63) is 229 Å². The summed E-state index contributed by atoms with van der Waals surface area (Å²) in [6.45, 7) is 2.18. The molecule has 0 atom stereocenters. The van der Waals surface area contributed by atoms with E-state index in [1.807, 2.05) is 18.2 Å². The van der Waals surface area contributed by atoms with E-state index in [2.05, 4.69) is 206 Å². The minimum atomic E-state index is 0.693. The number of fused-ring (bicyclic) bond motifs is 6. The fourth-order valence-electron chi connectivity index (χ4n) is 9.42. The lowest BCUT2D eigenvalue weighted by Gasteiger charge is -2.16. The molecule has 302 valence electrons. The average Bonchev–Trinajstić information content (AvgIpc) is 3.92. The van der Waals surface area contributed by atoms with E-state index < -0.39 is 0 Å². The maximum absolute atomic E-state index is 6.27. The zero-order valence-electron chi connectivity index (χ0n) is 35.2. The number of H-pyrrole nitrogens is 1. The topological polar surface area (TPSA) is 54.7 Å². The van der Waals surface area contributed by atoms with E-state index in [4.69, 9.17) is 14.4 Å². The summed E-state index contributed by atoms with van der Waals surface area (Å²) in [7, 11) is 0. The Bertz CT molecular complexity index is 3590. The molecule has 64 heavy (non-hydrogen) atoms. The van der Waals surface area contributed by atoms with E-state index in [9.17, 15) is 0 Å². The zero-order valence-corrected chi connectivity index (χ0v) is 35.2. The molecule has 0 radical (unpaired) electrons. The molecule has 0 bridgehead atoms. The molecule has 0 aliphatic heterocycles. The van der Waals surface area contributed by atoms with Crippen molar-refractivity contribution in [2.45, 2.75) is 13.3 Å². The van der Waals surface area contributed by atoms with Crippen molar-refractivity contribution in [2.75, 3.05) is 0 Å². The highest BCUT2D eigenvalue weighted by atomic mass is 16.3. The van der Waals surface area contributed by atoms with E-state index in [1.54, 1.807) is 0 Å². The molecular formula is C60H41N3O. The molecule has 0 saturated heterocycles. The van der Waals surface area contributed by atoms with Crippen LogP contribution < -0.4 is 0 Å². The van der Waals surface area contributed by atoms with Crippen LogP contribution >= 0.6 is 0 Å². The van der Waals surface area contributed by atoms with Crippen LogP contribution in [0.5, 0.6) is 0 Å². The number of rotatable bonds is 8. The van der Waals surface area contributed by atoms with E-state index in [1.165, 1.54) is 38.6 Å². The number of hydrogen-bond donors (Lipinski definition) is 1. The highest BCUT2D eigenvalue weighted by Gasteiger charge is 2.18. The minimum Gasteiger partial charge on any atom is -0.456 e. The number of para-hydroxylation sites is 2. The lowest BCUT2D eigenvalue weighted by molar-refractivity contribution is 0.669. The second-order valence-corrected chi connectivity index (χ2v) is 16.7. The van der Waals surface area contributed by atoms with E-state index in [-0.39, 0.29) is 0 Å². The molecule has 12 rings (SSSR count). The summed E-state index contributed by atoms with van der Waals surface area (Å²) in [5.41, 5.74) is 19.4. The van der Waals surface area contributed by atoms with Gasteiger partial charge in [0.1, 0.15) is 11.2 Å². The number of aromatic nitrogens is 3. The number of hydrogen-bond acceptors (Lipinski definition) is 3. The quantitative estimate of drug-likeness (QED) is 0.166. The summed E-state index contributed by atoms with van der Waals surface area (Å²) in [6, 6.07) is 75.5. The molecule has 12 aromatic rings. The van der Waals surface area contributed by atoms with Crippen LogP contribution in [0.2, 0.25) is 0 Å². The summed E-state index contributed by atoms with van der Waals surface area (Å²) >= 11 is 0. The Hall–Kier alpha value is -8.34. The van der Waals surface area contributed by atoms with Crippen LogP contribution in [0.15, 0.2) is 217 Å². The van der Waals surface area contributed by atoms with Crippen molar-refractivity contribution in [3.8, 4) is 67.3 Å². The summed E-state index contributed by atoms with van der Waals surface area (Å²) in [6.07, 6.45) is 0.732. The fourth-order valence-corrected chi connectivity index (χ4v) is 9.42. The molecule has 0 saturated carbocycles. The molecule has 0 aliphatic carbocycles. The molecule has 9 aromatic carbocycles. The summed E-state index contributed by atoms with van der Waals surface area (Å²) in [5.74, 6) is 0.693. The SMILES string of the molecule is Cc1ccccc1-c1ccccc1Cc1ccccc1-c1nc(-c2ccccc2)cc(-c2cc(-c3ccc4[nH]c5ccccc5c4c3)cc(-c3ccc4oc5ccccc5c4c3)c2)n1. The van der Waals surface area contributed by atoms with Crippen molar-refractivity contribution < 1.29 is 4.42 Å². The third-order valence-corrected chi connectivity index (χ3v) is 12.7.